The number of ether oxygens (including phenoxy) is 1. The van der Waals surface area contributed by atoms with Crippen molar-refractivity contribution in [3.63, 3.8) is 0 Å². The van der Waals surface area contributed by atoms with Gasteiger partial charge in [-0.3, -0.25) is 10.1 Å². The molecule has 172 valence electrons. The van der Waals surface area contributed by atoms with Crippen LogP contribution in [0.25, 0.3) is 0 Å². The van der Waals surface area contributed by atoms with Crippen LogP contribution in [0.5, 0.6) is 5.75 Å². The van der Waals surface area contributed by atoms with E-state index in [4.69, 9.17) is 17.0 Å². The van der Waals surface area contributed by atoms with Crippen LogP contribution in [-0.2, 0) is 4.79 Å². The Balaban J connectivity index is 1.66. The number of anilines is 1. The predicted molar refractivity (Wildman–Crippen MR) is 130 cm³/mol. The zero-order chi connectivity index (χ0) is 22.6. The van der Waals surface area contributed by atoms with E-state index in [0.29, 0.717) is 11.8 Å². The lowest BCUT2D eigenvalue weighted by molar-refractivity contribution is -0.134. The van der Waals surface area contributed by atoms with Gasteiger partial charge in [0.15, 0.2) is 5.11 Å². The van der Waals surface area contributed by atoms with Crippen LogP contribution in [0.3, 0.4) is 0 Å². The largest absolute Gasteiger partial charge is 0.497 e. The number of nitrogens with zero attached hydrogens (tertiary/aromatic N) is 2. The molecule has 7 heteroatoms. The highest BCUT2D eigenvalue weighted by molar-refractivity contribution is 7.80. The molecule has 2 N–H and O–H groups in total. The number of thiocarbonyl (C=S) groups is 1. The summed E-state index contributed by atoms with van der Waals surface area (Å²) in [5.41, 5.74) is 0.711. The highest BCUT2D eigenvalue weighted by Crippen LogP contribution is 2.35. The molecular formula is C24H38N4O2S. The fourth-order valence-electron chi connectivity index (χ4n) is 4.57. The number of benzene rings is 1. The fourth-order valence-corrected chi connectivity index (χ4v) is 4.87. The van der Waals surface area contributed by atoms with E-state index in [1.54, 1.807) is 7.11 Å². The van der Waals surface area contributed by atoms with Gasteiger partial charge < -0.3 is 19.9 Å². The van der Waals surface area contributed by atoms with Gasteiger partial charge in [0.2, 0.25) is 5.91 Å². The van der Waals surface area contributed by atoms with Crippen LogP contribution in [0.15, 0.2) is 24.3 Å². The molecule has 0 aromatic heterocycles. The third-order valence-electron chi connectivity index (χ3n) is 6.64. The van der Waals surface area contributed by atoms with Crippen LogP contribution in [-0.4, -0.2) is 59.3 Å². The van der Waals surface area contributed by atoms with Crippen molar-refractivity contribution < 1.29 is 9.53 Å². The zero-order valence-electron chi connectivity index (χ0n) is 19.6. The Morgan fingerprint density at radius 3 is 2.45 bits per heavy atom. The van der Waals surface area contributed by atoms with E-state index >= 15 is 0 Å². The van der Waals surface area contributed by atoms with Gasteiger partial charge in [-0.1, -0.05) is 34.1 Å². The molecule has 31 heavy (non-hydrogen) atoms. The first-order valence-electron chi connectivity index (χ1n) is 11.6. The first-order chi connectivity index (χ1) is 14.8. The summed E-state index contributed by atoms with van der Waals surface area (Å²) < 4.78 is 5.22. The maximum absolute atomic E-state index is 13.3. The number of piperidine rings is 1. The highest BCUT2D eigenvalue weighted by atomic mass is 32.1. The Hall–Kier alpha value is -1.86. The maximum atomic E-state index is 13.3. The average Bonchev–Trinajstić information content (AvgIpc) is 2.99. The van der Waals surface area contributed by atoms with E-state index in [2.05, 4.69) is 48.1 Å². The zero-order valence-corrected chi connectivity index (χ0v) is 20.4. The molecule has 0 saturated carbocycles. The van der Waals surface area contributed by atoms with Crippen molar-refractivity contribution in [3.8, 4) is 5.75 Å². The summed E-state index contributed by atoms with van der Waals surface area (Å²) in [7, 11) is 1.66. The van der Waals surface area contributed by atoms with Crippen molar-refractivity contribution in [3.05, 3.63) is 24.3 Å². The number of amides is 1. The average molecular weight is 447 g/mol. The molecule has 0 radical (unpaired) electrons. The van der Waals surface area contributed by atoms with Crippen molar-refractivity contribution in [2.24, 2.45) is 11.8 Å². The molecule has 6 nitrogen and oxygen atoms in total. The van der Waals surface area contributed by atoms with Crippen LogP contribution >= 0.6 is 12.2 Å². The maximum Gasteiger partial charge on any atom is 0.241 e. The van der Waals surface area contributed by atoms with Crippen molar-refractivity contribution in [2.75, 3.05) is 32.1 Å². The Bertz CT molecular complexity index is 759. The van der Waals surface area contributed by atoms with Gasteiger partial charge in [0, 0.05) is 38.2 Å². The minimum Gasteiger partial charge on any atom is -0.497 e. The van der Waals surface area contributed by atoms with Crippen LogP contribution in [0.2, 0.25) is 0 Å². The van der Waals surface area contributed by atoms with Gasteiger partial charge in [-0.25, -0.2) is 0 Å². The summed E-state index contributed by atoms with van der Waals surface area (Å²) in [5, 5.41) is 7.83. The number of likely N-dealkylation sites (tertiary alicyclic amines) is 1. The van der Waals surface area contributed by atoms with Crippen molar-refractivity contribution >= 4 is 28.9 Å². The van der Waals surface area contributed by atoms with E-state index < -0.39 is 0 Å². The number of rotatable bonds is 7. The van der Waals surface area contributed by atoms with Crippen molar-refractivity contribution in [2.45, 2.75) is 65.1 Å². The SMILES string of the molecule is CC[C@@H](C)CN1C(=O)[C@@H](CC(C)C)NC12CCN(C(=S)Nc1ccc(OC)cc1)CC2. The molecule has 0 aliphatic carbocycles. The molecule has 3 rings (SSSR count). The van der Waals surface area contributed by atoms with Gasteiger partial charge in [0.05, 0.1) is 18.8 Å². The smallest absolute Gasteiger partial charge is 0.241 e. The molecular weight excluding hydrogens is 408 g/mol. The molecule has 2 aliphatic heterocycles. The van der Waals surface area contributed by atoms with Crippen LogP contribution in [0.1, 0.15) is 53.4 Å². The molecule has 2 saturated heterocycles. The second kappa shape index (κ2) is 10.2. The topological polar surface area (TPSA) is 56.8 Å². The van der Waals surface area contributed by atoms with Gasteiger partial charge in [-0.05, 0) is 54.7 Å². The summed E-state index contributed by atoms with van der Waals surface area (Å²) in [5.74, 6) is 2.09. The van der Waals surface area contributed by atoms with Gasteiger partial charge in [0.25, 0.3) is 0 Å². The van der Waals surface area contributed by atoms with E-state index in [-0.39, 0.29) is 17.6 Å². The Labute approximate surface area is 192 Å². The molecule has 2 aliphatic rings. The number of hydrogen-bond donors (Lipinski definition) is 2. The van der Waals surface area contributed by atoms with E-state index in [0.717, 1.165) is 61.9 Å². The monoisotopic (exact) mass is 446 g/mol. The molecule has 2 heterocycles. The van der Waals surface area contributed by atoms with Gasteiger partial charge in [-0.15, -0.1) is 0 Å². The number of carbonyl (C=O) groups is 1. The standard InChI is InChI=1S/C24H38N4O2S/c1-6-18(4)16-28-22(29)21(15-17(2)3)26-24(28)11-13-27(14-12-24)23(31)25-19-7-9-20(30-5)10-8-19/h7-10,17-18,21,26H,6,11-16H2,1-5H3,(H,25,31)/t18-,21-/m1/s1. The summed E-state index contributed by atoms with van der Waals surface area (Å²) in [4.78, 5) is 17.7. The van der Waals surface area contributed by atoms with Crippen LogP contribution in [0, 0.1) is 11.8 Å². The number of nitrogens with one attached hydrogen (secondary N) is 2. The number of methoxy groups -OCH3 is 1. The molecule has 2 fully saturated rings. The minimum absolute atomic E-state index is 0.0695. The van der Waals surface area contributed by atoms with E-state index in [9.17, 15) is 4.79 Å². The summed E-state index contributed by atoms with van der Waals surface area (Å²) in [6.07, 6.45) is 3.73. The molecule has 1 amide bonds. The summed E-state index contributed by atoms with van der Waals surface area (Å²) >= 11 is 5.68. The van der Waals surface area contributed by atoms with Crippen molar-refractivity contribution in [1.29, 1.82) is 0 Å². The molecule has 0 bridgehead atoms. The Morgan fingerprint density at radius 2 is 1.90 bits per heavy atom. The van der Waals surface area contributed by atoms with Crippen molar-refractivity contribution in [1.82, 2.24) is 15.1 Å². The first kappa shape index (κ1) is 23.8. The molecule has 1 spiro atoms. The quantitative estimate of drug-likeness (QED) is 0.616. The third-order valence-corrected chi connectivity index (χ3v) is 7.00. The normalized spacial score (nSPS) is 21.6. The van der Waals surface area contributed by atoms with E-state index in [1.165, 1.54) is 0 Å². The first-order valence-corrected chi connectivity index (χ1v) is 12.0. The van der Waals surface area contributed by atoms with E-state index in [1.807, 2.05) is 24.3 Å². The van der Waals surface area contributed by atoms with Gasteiger partial charge >= 0.3 is 0 Å². The predicted octanol–water partition coefficient (Wildman–Crippen LogP) is 4.08. The van der Waals surface area contributed by atoms with Crippen LogP contribution < -0.4 is 15.4 Å². The molecule has 0 unspecified atom stereocenters. The Morgan fingerprint density at radius 1 is 1.26 bits per heavy atom. The Kier molecular flexibility index (Phi) is 7.81. The lowest BCUT2D eigenvalue weighted by Gasteiger charge is -2.46. The second-order valence-corrected chi connectivity index (χ2v) is 9.85. The number of carbonyl (C=O) groups excluding carboxylic acids is 1. The minimum atomic E-state index is -0.244. The summed E-state index contributed by atoms with van der Waals surface area (Å²) in [6, 6.07) is 7.72. The fraction of sp³-hybridized carbons (Fsp3) is 0.667. The second-order valence-electron chi connectivity index (χ2n) is 9.47. The lowest BCUT2D eigenvalue weighted by atomic mass is 9.94. The number of hydrogen-bond acceptors (Lipinski definition) is 4. The molecule has 2 atom stereocenters. The third kappa shape index (κ3) is 5.50. The van der Waals surface area contributed by atoms with Gasteiger partial charge in [-0.2, -0.15) is 0 Å². The van der Waals surface area contributed by atoms with Gasteiger partial charge in [0.1, 0.15) is 5.75 Å². The highest BCUT2D eigenvalue weighted by Gasteiger charge is 2.51. The summed E-state index contributed by atoms with van der Waals surface area (Å²) in [6.45, 7) is 11.3. The molecule has 1 aromatic carbocycles. The van der Waals surface area contributed by atoms with Crippen LogP contribution in [0.4, 0.5) is 5.69 Å². The lowest BCUT2D eigenvalue weighted by Crippen LogP contribution is -2.60. The molecule has 1 aromatic rings.